The fraction of sp³-hybridized carbons (Fsp3) is 0.375. The van der Waals surface area contributed by atoms with Crippen LogP contribution in [0, 0.1) is 12.7 Å². The van der Waals surface area contributed by atoms with E-state index < -0.39 is 0 Å². The Morgan fingerprint density at radius 1 is 1.38 bits per heavy atom. The highest BCUT2D eigenvalue weighted by Crippen LogP contribution is 2.22. The predicted molar refractivity (Wildman–Crippen MR) is 81.1 cm³/mol. The number of aryl methyl sites for hydroxylation is 1. The van der Waals surface area contributed by atoms with Gasteiger partial charge < -0.3 is 10.2 Å². The van der Waals surface area contributed by atoms with Gasteiger partial charge in [-0.3, -0.25) is 0 Å². The van der Waals surface area contributed by atoms with Crippen molar-refractivity contribution < 1.29 is 4.39 Å². The lowest BCUT2D eigenvalue weighted by atomic mass is 10.2. The van der Waals surface area contributed by atoms with Crippen LogP contribution in [0.15, 0.2) is 30.5 Å². The van der Waals surface area contributed by atoms with Gasteiger partial charge in [0, 0.05) is 42.8 Å². The first-order valence-corrected chi connectivity index (χ1v) is 7.18. The van der Waals surface area contributed by atoms with E-state index in [4.69, 9.17) is 0 Å². The molecule has 0 aliphatic heterocycles. The number of aromatic nitrogens is 2. The van der Waals surface area contributed by atoms with E-state index in [1.54, 1.807) is 11.0 Å². The third-order valence-electron chi connectivity index (χ3n) is 3.72. The summed E-state index contributed by atoms with van der Waals surface area (Å²) in [5.41, 5.74) is 2.80. The summed E-state index contributed by atoms with van der Waals surface area (Å²) in [4.78, 5) is 10.7. The van der Waals surface area contributed by atoms with Crippen LogP contribution in [0.2, 0.25) is 0 Å². The second-order valence-corrected chi connectivity index (χ2v) is 5.47. The third kappa shape index (κ3) is 3.36. The van der Waals surface area contributed by atoms with Crippen LogP contribution in [0.25, 0.3) is 0 Å². The van der Waals surface area contributed by atoms with Crippen LogP contribution in [0.1, 0.15) is 24.1 Å². The first kappa shape index (κ1) is 13.9. The largest absolute Gasteiger partial charge is 0.314 e. The fourth-order valence-electron chi connectivity index (χ4n) is 2.16. The van der Waals surface area contributed by atoms with Crippen molar-refractivity contribution in [2.45, 2.75) is 32.4 Å². The van der Waals surface area contributed by atoms with Crippen LogP contribution < -0.4 is 10.2 Å². The van der Waals surface area contributed by atoms with Crippen LogP contribution in [0.4, 0.5) is 16.0 Å². The highest BCUT2D eigenvalue weighted by molar-refractivity contribution is 5.56. The SMILES string of the molecule is Cc1nc(N(C)c2cccc(F)c2)ncc1CNC1CC1. The van der Waals surface area contributed by atoms with Gasteiger partial charge in [-0.15, -0.1) is 0 Å². The molecule has 1 aliphatic rings. The van der Waals surface area contributed by atoms with E-state index in [9.17, 15) is 4.39 Å². The average molecular weight is 286 g/mol. The van der Waals surface area contributed by atoms with Gasteiger partial charge in [-0.1, -0.05) is 6.07 Å². The number of benzene rings is 1. The summed E-state index contributed by atoms with van der Waals surface area (Å²) in [6.45, 7) is 2.79. The molecule has 21 heavy (non-hydrogen) atoms. The molecule has 5 heteroatoms. The predicted octanol–water partition coefficient (Wildman–Crippen LogP) is 2.94. The third-order valence-corrected chi connectivity index (χ3v) is 3.72. The van der Waals surface area contributed by atoms with Crippen molar-refractivity contribution in [2.24, 2.45) is 0 Å². The maximum absolute atomic E-state index is 13.3. The topological polar surface area (TPSA) is 41.1 Å². The van der Waals surface area contributed by atoms with Crippen molar-refractivity contribution in [1.82, 2.24) is 15.3 Å². The molecular weight excluding hydrogens is 267 g/mol. The molecule has 0 bridgehead atoms. The number of anilines is 2. The molecule has 0 radical (unpaired) electrons. The maximum Gasteiger partial charge on any atom is 0.229 e. The van der Waals surface area contributed by atoms with Gasteiger partial charge in [0.05, 0.1) is 0 Å². The molecule has 1 aromatic carbocycles. The van der Waals surface area contributed by atoms with E-state index in [1.165, 1.54) is 25.0 Å². The number of hydrogen-bond donors (Lipinski definition) is 1. The Morgan fingerprint density at radius 3 is 2.86 bits per heavy atom. The summed E-state index contributed by atoms with van der Waals surface area (Å²) in [6.07, 6.45) is 4.38. The standard InChI is InChI=1S/C16H19FN4/c1-11-12(9-18-14-6-7-14)10-19-16(20-11)21(2)15-5-3-4-13(17)8-15/h3-5,8,10,14,18H,6-7,9H2,1-2H3. The van der Waals surface area contributed by atoms with E-state index >= 15 is 0 Å². The molecule has 0 amide bonds. The van der Waals surface area contributed by atoms with Gasteiger partial charge in [-0.2, -0.15) is 0 Å². The molecule has 1 aliphatic carbocycles. The van der Waals surface area contributed by atoms with Gasteiger partial charge in [-0.05, 0) is 38.0 Å². The van der Waals surface area contributed by atoms with Gasteiger partial charge in [0.2, 0.25) is 5.95 Å². The van der Waals surface area contributed by atoms with Crippen molar-refractivity contribution in [2.75, 3.05) is 11.9 Å². The number of nitrogens with zero attached hydrogens (tertiary/aromatic N) is 3. The van der Waals surface area contributed by atoms with Crippen molar-refractivity contribution in [1.29, 1.82) is 0 Å². The molecule has 110 valence electrons. The van der Waals surface area contributed by atoms with E-state index in [0.29, 0.717) is 12.0 Å². The lowest BCUT2D eigenvalue weighted by molar-refractivity contribution is 0.628. The zero-order valence-electron chi connectivity index (χ0n) is 12.3. The molecule has 3 rings (SSSR count). The first-order chi connectivity index (χ1) is 10.1. The molecule has 1 fully saturated rings. The van der Waals surface area contributed by atoms with Crippen LogP contribution in [0.3, 0.4) is 0 Å². The lowest BCUT2D eigenvalue weighted by Crippen LogP contribution is -2.18. The Bertz CT molecular complexity index is 640. The molecule has 1 heterocycles. The molecule has 0 spiro atoms. The van der Waals surface area contributed by atoms with Crippen LogP contribution in [0.5, 0.6) is 0 Å². The minimum atomic E-state index is -0.263. The molecule has 1 N–H and O–H groups in total. The first-order valence-electron chi connectivity index (χ1n) is 7.18. The number of halogens is 1. The molecule has 4 nitrogen and oxygen atoms in total. The quantitative estimate of drug-likeness (QED) is 0.917. The smallest absolute Gasteiger partial charge is 0.229 e. The summed E-state index contributed by atoms with van der Waals surface area (Å²) < 4.78 is 13.3. The number of nitrogens with one attached hydrogen (secondary N) is 1. The Labute approximate surface area is 124 Å². The number of rotatable bonds is 5. The summed E-state index contributed by atoms with van der Waals surface area (Å²) in [6, 6.07) is 7.09. The Hall–Kier alpha value is -2.01. The Balaban J connectivity index is 1.76. The molecule has 1 aromatic heterocycles. The fourth-order valence-corrected chi connectivity index (χ4v) is 2.16. The Kier molecular flexibility index (Phi) is 3.84. The summed E-state index contributed by atoms with van der Waals surface area (Å²) >= 11 is 0. The zero-order valence-corrected chi connectivity index (χ0v) is 12.3. The van der Waals surface area contributed by atoms with Gasteiger partial charge in [0.15, 0.2) is 0 Å². The zero-order chi connectivity index (χ0) is 14.8. The van der Waals surface area contributed by atoms with Crippen LogP contribution in [-0.4, -0.2) is 23.1 Å². The van der Waals surface area contributed by atoms with Crippen molar-refractivity contribution in [3.8, 4) is 0 Å². The normalized spacial score (nSPS) is 14.2. The van der Waals surface area contributed by atoms with Crippen LogP contribution >= 0.6 is 0 Å². The van der Waals surface area contributed by atoms with Gasteiger partial charge in [0.25, 0.3) is 0 Å². The summed E-state index contributed by atoms with van der Waals surface area (Å²) in [7, 11) is 1.84. The molecule has 0 atom stereocenters. The van der Waals surface area contributed by atoms with Gasteiger partial charge in [0.1, 0.15) is 5.82 Å². The molecule has 2 aromatic rings. The van der Waals surface area contributed by atoms with E-state index in [0.717, 1.165) is 23.5 Å². The molecule has 1 saturated carbocycles. The molecule has 0 unspecified atom stereocenters. The average Bonchev–Trinajstić information content (AvgIpc) is 3.29. The van der Waals surface area contributed by atoms with Gasteiger partial charge in [-0.25, -0.2) is 14.4 Å². The van der Waals surface area contributed by atoms with E-state index in [1.807, 2.05) is 26.2 Å². The minimum Gasteiger partial charge on any atom is -0.314 e. The minimum absolute atomic E-state index is 0.263. The highest BCUT2D eigenvalue weighted by atomic mass is 19.1. The van der Waals surface area contributed by atoms with Crippen molar-refractivity contribution in [3.63, 3.8) is 0 Å². The second-order valence-electron chi connectivity index (χ2n) is 5.47. The molecule has 0 saturated heterocycles. The summed E-state index contributed by atoms with van der Waals surface area (Å²) in [5, 5.41) is 3.46. The monoisotopic (exact) mass is 286 g/mol. The second kappa shape index (κ2) is 5.77. The van der Waals surface area contributed by atoms with Crippen molar-refractivity contribution in [3.05, 3.63) is 47.5 Å². The highest BCUT2D eigenvalue weighted by Gasteiger charge is 2.20. The summed E-state index contributed by atoms with van der Waals surface area (Å²) in [5.74, 6) is 0.314. The lowest BCUT2D eigenvalue weighted by Gasteiger charge is -2.18. The van der Waals surface area contributed by atoms with Gasteiger partial charge >= 0.3 is 0 Å². The maximum atomic E-state index is 13.3. The Morgan fingerprint density at radius 2 is 2.19 bits per heavy atom. The van der Waals surface area contributed by atoms with Crippen molar-refractivity contribution >= 4 is 11.6 Å². The number of hydrogen-bond acceptors (Lipinski definition) is 4. The molecular formula is C16H19FN4. The van der Waals surface area contributed by atoms with E-state index in [-0.39, 0.29) is 5.82 Å². The van der Waals surface area contributed by atoms with E-state index in [2.05, 4.69) is 15.3 Å². The van der Waals surface area contributed by atoms with Crippen LogP contribution in [-0.2, 0) is 6.54 Å².